The first-order valence-electron chi connectivity index (χ1n) is 10.7. The molecule has 0 aromatic heterocycles. The zero-order valence-corrected chi connectivity index (χ0v) is 20.5. The summed E-state index contributed by atoms with van der Waals surface area (Å²) in [5, 5.41) is 2.71. The summed E-state index contributed by atoms with van der Waals surface area (Å²) in [6, 6.07) is 9.44. The molecule has 1 aliphatic heterocycles. The third-order valence-electron chi connectivity index (χ3n) is 5.20. The number of rotatable bonds is 8. The fraction of sp³-hybridized carbons (Fsp3) is 0.409. The number of ether oxygens (including phenoxy) is 1. The molecule has 1 saturated heterocycles. The zero-order chi connectivity index (χ0) is 24.2. The molecule has 2 aromatic carbocycles. The summed E-state index contributed by atoms with van der Waals surface area (Å²) in [7, 11) is -6.25. The van der Waals surface area contributed by atoms with Gasteiger partial charge in [-0.3, -0.25) is 9.52 Å². The molecular formula is C22H29N3O6S2. The van der Waals surface area contributed by atoms with Crippen LogP contribution < -0.4 is 14.8 Å². The lowest BCUT2D eigenvalue weighted by Gasteiger charge is -2.25. The van der Waals surface area contributed by atoms with Crippen LogP contribution in [0, 0.1) is 0 Å². The molecule has 3 rings (SSSR count). The van der Waals surface area contributed by atoms with Crippen LogP contribution in [0.25, 0.3) is 0 Å². The van der Waals surface area contributed by atoms with E-state index in [0.717, 1.165) is 19.3 Å². The molecule has 180 valence electrons. The van der Waals surface area contributed by atoms with Crippen molar-refractivity contribution in [2.45, 2.75) is 48.9 Å². The van der Waals surface area contributed by atoms with E-state index in [4.69, 9.17) is 4.74 Å². The third kappa shape index (κ3) is 5.84. The van der Waals surface area contributed by atoms with E-state index in [-0.39, 0.29) is 32.8 Å². The number of amides is 1. The minimum Gasteiger partial charge on any atom is -0.496 e. The van der Waals surface area contributed by atoms with Gasteiger partial charge in [-0.2, -0.15) is 4.31 Å². The van der Waals surface area contributed by atoms with Gasteiger partial charge < -0.3 is 10.1 Å². The van der Waals surface area contributed by atoms with Crippen molar-refractivity contribution < 1.29 is 26.4 Å². The highest BCUT2D eigenvalue weighted by atomic mass is 32.2. The van der Waals surface area contributed by atoms with E-state index in [2.05, 4.69) is 10.0 Å². The second kappa shape index (κ2) is 10.1. The Kier molecular flexibility index (Phi) is 7.65. The van der Waals surface area contributed by atoms with E-state index in [0.29, 0.717) is 13.1 Å². The molecule has 0 spiro atoms. The van der Waals surface area contributed by atoms with Gasteiger partial charge in [-0.15, -0.1) is 0 Å². The number of nitrogens with one attached hydrogen (secondary N) is 2. The van der Waals surface area contributed by atoms with Crippen LogP contribution in [0.2, 0.25) is 0 Å². The van der Waals surface area contributed by atoms with Crippen molar-refractivity contribution in [2.24, 2.45) is 0 Å². The number of piperidine rings is 1. The van der Waals surface area contributed by atoms with E-state index in [1.807, 2.05) is 0 Å². The third-order valence-corrected chi connectivity index (χ3v) is 8.50. The van der Waals surface area contributed by atoms with E-state index < -0.39 is 26.0 Å². The summed E-state index contributed by atoms with van der Waals surface area (Å²) in [6.07, 6.45) is 2.67. The lowest BCUT2D eigenvalue weighted by Crippen LogP contribution is -2.35. The standard InChI is InChI=1S/C22H29N3O6S2/c1-16(2)23-22(26)20-15-19(11-12-21(20)31-3)32(27,28)24-17-7-9-18(10-8-17)33(29,30)25-13-5-4-6-14-25/h7-12,15-16,24H,4-6,13-14H2,1-3H3,(H,23,26). The van der Waals surface area contributed by atoms with Gasteiger partial charge in [0.2, 0.25) is 10.0 Å². The van der Waals surface area contributed by atoms with Crippen molar-refractivity contribution in [1.82, 2.24) is 9.62 Å². The van der Waals surface area contributed by atoms with Crippen molar-refractivity contribution >= 4 is 31.6 Å². The van der Waals surface area contributed by atoms with Crippen LogP contribution in [-0.4, -0.2) is 53.3 Å². The van der Waals surface area contributed by atoms with E-state index >= 15 is 0 Å². The van der Waals surface area contributed by atoms with Crippen LogP contribution in [-0.2, 0) is 20.0 Å². The van der Waals surface area contributed by atoms with Crippen molar-refractivity contribution in [2.75, 3.05) is 24.9 Å². The van der Waals surface area contributed by atoms with Crippen LogP contribution in [0.1, 0.15) is 43.5 Å². The molecule has 1 fully saturated rings. The second-order valence-electron chi connectivity index (χ2n) is 8.08. The van der Waals surface area contributed by atoms with Gasteiger partial charge in [0.15, 0.2) is 0 Å². The molecule has 1 heterocycles. The van der Waals surface area contributed by atoms with Gasteiger partial charge in [0, 0.05) is 24.8 Å². The fourth-order valence-corrected chi connectivity index (χ4v) is 6.14. The summed E-state index contributed by atoms with van der Waals surface area (Å²) in [4.78, 5) is 12.5. The van der Waals surface area contributed by atoms with Crippen LogP contribution in [0.15, 0.2) is 52.3 Å². The van der Waals surface area contributed by atoms with Crippen LogP contribution in [0.4, 0.5) is 5.69 Å². The number of hydrogen-bond donors (Lipinski definition) is 2. The topological polar surface area (TPSA) is 122 Å². The molecule has 0 unspecified atom stereocenters. The van der Waals surface area contributed by atoms with Gasteiger partial charge in [0.25, 0.3) is 15.9 Å². The Labute approximate surface area is 195 Å². The lowest BCUT2D eigenvalue weighted by molar-refractivity contribution is 0.0940. The molecule has 0 atom stereocenters. The number of benzene rings is 2. The number of hydrogen-bond acceptors (Lipinski definition) is 6. The van der Waals surface area contributed by atoms with Gasteiger partial charge in [-0.05, 0) is 69.2 Å². The predicted octanol–water partition coefficient (Wildman–Crippen LogP) is 2.81. The maximum atomic E-state index is 12.9. The van der Waals surface area contributed by atoms with Crippen molar-refractivity contribution in [3.05, 3.63) is 48.0 Å². The maximum absolute atomic E-state index is 12.9. The van der Waals surface area contributed by atoms with Crippen LogP contribution >= 0.6 is 0 Å². The van der Waals surface area contributed by atoms with Gasteiger partial charge in [0.1, 0.15) is 5.75 Å². The SMILES string of the molecule is COc1ccc(S(=O)(=O)Nc2ccc(S(=O)(=O)N3CCCCC3)cc2)cc1C(=O)NC(C)C. The molecule has 0 aliphatic carbocycles. The van der Waals surface area contributed by atoms with E-state index in [1.54, 1.807) is 13.8 Å². The van der Waals surface area contributed by atoms with Gasteiger partial charge in [0.05, 0.1) is 22.5 Å². The molecule has 0 radical (unpaired) electrons. The van der Waals surface area contributed by atoms with Gasteiger partial charge >= 0.3 is 0 Å². The molecule has 2 N–H and O–H groups in total. The molecule has 0 bridgehead atoms. The van der Waals surface area contributed by atoms with Crippen LogP contribution in [0.3, 0.4) is 0 Å². The lowest BCUT2D eigenvalue weighted by atomic mass is 10.2. The molecule has 0 saturated carbocycles. The zero-order valence-electron chi connectivity index (χ0n) is 18.9. The number of sulfonamides is 2. The number of carbonyl (C=O) groups is 1. The van der Waals surface area contributed by atoms with E-state index in [9.17, 15) is 21.6 Å². The summed E-state index contributed by atoms with van der Waals surface area (Å²) in [6.45, 7) is 4.56. The van der Waals surface area contributed by atoms with Crippen molar-refractivity contribution in [3.8, 4) is 5.75 Å². The summed E-state index contributed by atoms with van der Waals surface area (Å²) in [5.41, 5.74) is 0.300. The number of anilines is 1. The molecule has 1 amide bonds. The second-order valence-corrected chi connectivity index (χ2v) is 11.7. The Bertz CT molecular complexity index is 1200. The summed E-state index contributed by atoms with van der Waals surface area (Å²) >= 11 is 0. The summed E-state index contributed by atoms with van der Waals surface area (Å²) < 4.78 is 60.5. The quantitative estimate of drug-likeness (QED) is 0.581. The Hall–Kier alpha value is -2.63. The molecular weight excluding hydrogens is 466 g/mol. The maximum Gasteiger partial charge on any atom is 0.261 e. The average Bonchev–Trinajstić information content (AvgIpc) is 2.79. The largest absolute Gasteiger partial charge is 0.496 e. The minimum atomic E-state index is -4.04. The smallest absolute Gasteiger partial charge is 0.261 e. The molecule has 9 nitrogen and oxygen atoms in total. The Morgan fingerprint density at radius 2 is 1.55 bits per heavy atom. The van der Waals surface area contributed by atoms with Crippen molar-refractivity contribution in [3.63, 3.8) is 0 Å². The molecule has 11 heteroatoms. The highest BCUT2D eigenvalue weighted by Gasteiger charge is 2.26. The Morgan fingerprint density at radius 1 is 0.939 bits per heavy atom. The number of carbonyl (C=O) groups excluding carboxylic acids is 1. The van der Waals surface area contributed by atoms with Crippen LogP contribution in [0.5, 0.6) is 5.75 Å². The molecule has 1 aliphatic rings. The fourth-order valence-electron chi connectivity index (χ4n) is 3.53. The summed E-state index contributed by atoms with van der Waals surface area (Å²) in [5.74, 6) is -0.203. The first-order chi connectivity index (χ1) is 15.5. The highest BCUT2D eigenvalue weighted by molar-refractivity contribution is 7.92. The Morgan fingerprint density at radius 3 is 2.12 bits per heavy atom. The predicted molar refractivity (Wildman–Crippen MR) is 125 cm³/mol. The van der Waals surface area contributed by atoms with Gasteiger partial charge in [-0.25, -0.2) is 16.8 Å². The first-order valence-corrected chi connectivity index (χ1v) is 13.6. The highest BCUT2D eigenvalue weighted by Crippen LogP contribution is 2.26. The molecule has 2 aromatic rings. The minimum absolute atomic E-state index is 0.0945. The van der Waals surface area contributed by atoms with Crippen molar-refractivity contribution in [1.29, 1.82) is 0 Å². The average molecular weight is 496 g/mol. The Balaban J connectivity index is 1.82. The number of nitrogens with zero attached hydrogens (tertiary/aromatic N) is 1. The normalized spacial score (nSPS) is 15.3. The first kappa shape index (κ1) is 25.0. The van der Waals surface area contributed by atoms with E-state index in [1.165, 1.54) is 53.9 Å². The monoisotopic (exact) mass is 495 g/mol. The number of methoxy groups -OCH3 is 1. The van der Waals surface area contributed by atoms with Gasteiger partial charge in [-0.1, -0.05) is 6.42 Å². The molecule has 33 heavy (non-hydrogen) atoms.